The fourth-order valence-electron chi connectivity index (χ4n) is 2.40. The van der Waals surface area contributed by atoms with Crippen LogP contribution in [0.3, 0.4) is 0 Å². The maximum atomic E-state index is 11.9. The second kappa shape index (κ2) is 8.23. The first kappa shape index (κ1) is 18.4. The highest BCUT2D eigenvalue weighted by atomic mass is 16.6. The summed E-state index contributed by atoms with van der Waals surface area (Å²) in [5.41, 5.74) is 5.44. The van der Waals surface area contributed by atoms with Gasteiger partial charge in [0.2, 0.25) is 0 Å². The lowest BCUT2D eigenvalue weighted by atomic mass is 9.85. The molecule has 1 aromatic rings. The molecule has 1 aromatic carbocycles. The molecule has 7 heteroatoms. The molecule has 7 nitrogen and oxygen atoms in total. The molecule has 25 heavy (non-hydrogen) atoms. The summed E-state index contributed by atoms with van der Waals surface area (Å²) in [6.07, 6.45) is 3.79. The smallest absolute Gasteiger partial charge is 0.277 e. The summed E-state index contributed by atoms with van der Waals surface area (Å²) in [7, 11) is 0. The molecule has 0 heterocycles. The number of benzene rings is 1. The highest BCUT2D eigenvalue weighted by molar-refractivity contribution is 6.01. The van der Waals surface area contributed by atoms with E-state index in [9.17, 15) is 14.9 Å². The molecule has 0 aromatic heterocycles. The number of nitro benzene ring substituents is 1. The minimum absolute atomic E-state index is 0.0326. The highest BCUT2D eigenvalue weighted by Crippen LogP contribution is 2.26. The summed E-state index contributed by atoms with van der Waals surface area (Å²) in [5, 5.41) is 14.8. The normalized spacial score (nSPS) is 18.4. The minimum atomic E-state index is -0.495. The molecule has 0 saturated carbocycles. The number of nitrogens with one attached hydrogen (secondary N) is 1. The Morgan fingerprint density at radius 2 is 2.12 bits per heavy atom. The van der Waals surface area contributed by atoms with Gasteiger partial charge in [0.25, 0.3) is 11.6 Å². The molecular formula is C18H21N3O4. The van der Waals surface area contributed by atoms with E-state index in [0.717, 1.165) is 29.7 Å². The molecule has 1 unspecified atom stereocenters. The number of allylic oxidation sites excluding steroid dienone is 3. The number of non-ortho nitro benzene ring substituents is 1. The van der Waals surface area contributed by atoms with Gasteiger partial charge >= 0.3 is 0 Å². The maximum absolute atomic E-state index is 11.9. The maximum Gasteiger partial charge on any atom is 0.277 e. The van der Waals surface area contributed by atoms with Gasteiger partial charge in [0, 0.05) is 12.1 Å². The fraction of sp³-hybridized carbons (Fsp3) is 0.333. The zero-order chi connectivity index (χ0) is 18.4. The van der Waals surface area contributed by atoms with E-state index in [1.165, 1.54) is 24.3 Å². The van der Waals surface area contributed by atoms with Crippen molar-refractivity contribution in [1.82, 2.24) is 5.43 Å². The van der Waals surface area contributed by atoms with Crippen molar-refractivity contribution in [3.8, 4) is 5.75 Å². The SMILES string of the molecule is C=C(C)C1CC=C(C)/C(=N/NC(=O)COc2ccc([N+](=O)[O-])cc2)C1. The van der Waals surface area contributed by atoms with Crippen molar-refractivity contribution < 1.29 is 14.5 Å². The standard InChI is InChI=1S/C18H21N3O4/c1-12(2)14-5-4-13(3)17(10-14)19-20-18(22)11-25-16-8-6-15(7-9-16)21(23)24/h4,6-9,14H,1,5,10-11H2,2-3H3,(H,20,22)/b19-17+. The van der Waals surface area contributed by atoms with Crippen LogP contribution >= 0.6 is 0 Å². The van der Waals surface area contributed by atoms with Crippen LogP contribution in [-0.4, -0.2) is 23.1 Å². The fourth-order valence-corrected chi connectivity index (χ4v) is 2.40. The van der Waals surface area contributed by atoms with Gasteiger partial charge in [-0.3, -0.25) is 14.9 Å². The van der Waals surface area contributed by atoms with Crippen LogP contribution in [0.5, 0.6) is 5.75 Å². The highest BCUT2D eigenvalue weighted by Gasteiger charge is 2.18. The number of ether oxygens (including phenoxy) is 1. The number of carbonyl (C=O) groups is 1. The second-order valence-electron chi connectivity index (χ2n) is 6.00. The molecule has 0 saturated heterocycles. The minimum Gasteiger partial charge on any atom is -0.484 e. The average molecular weight is 343 g/mol. The van der Waals surface area contributed by atoms with Gasteiger partial charge in [0.05, 0.1) is 10.6 Å². The lowest BCUT2D eigenvalue weighted by Crippen LogP contribution is -2.27. The van der Waals surface area contributed by atoms with Crippen molar-refractivity contribution in [2.75, 3.05) is 6.61 Å². The number of hydrogen-bond donors (Lipinski definition) is 1. The zero-order valence-corrected chi connectivity index (χ0v) is 14.3. The summed E-state index contributed by atoms with van der Waals surface area (Å²) in [5.74, 6) is 0.330. The van der Waals surface area contributed by atoms with Crippen LogP contribution in [0, 0.1) is 16.0 Å². The Bertz CT molecular complexity index is 735. The Balaban J connectivity index is 1.87. The van der Waals surface area contributed by atoms with Gasteiger partial charge in [0.15, 0.2) is 6.61 Å². The summed E-state index contributed by atoms with van der Waals surface area (Å²) < 4.78 is 5.30. The first-order valence-corrected chi connectivity index (χ1v) is 7.92. The molecular weight excluding hydrogens is 322 g/mol. The molecule has 0 bridgehead atoms. The molecule has 1 N–H and O–H groups in total. The Hall–Kier alpha value is -2.96. The molecule has 1 aliphatic carbocycles. The third-order valence-corrected chi connectivity index (χ3v) is 4.03. The van der Waals surface area contributed by atoms with E-state index in [4.69, 9.17) is 4.74 Å². The number of amides is 1. The molecule has 0 radical (unpaired) electrons. The van der Waals surface area contributed by atoms with Crippen LogP contribution in [0.1, 0.15) is 26.7 Å². The first-order valence-electron chi connectivity index (χ1n) is 7.92. The Kier molecular flexibility index (Phi) is 6.05. The molecule has 1 atom stereocenters. The predicted octanol–water partition coefficient (Wildman–Crippen LogP) is 3.38. The first-order chi connectivity index (χ1) is 11.9. The van der Waals surface area contributed by atoms with E-state index in [2.05, 4.69) is 23.2 Å². The van der Waals surface area contributed by atoms with Crippen molar-refractivity contribution in [1.29, 1.82) is 0 Å². The van der Waals surface area contributed by atoms with Crippen molar-refractivity contribution in [3.05, 3.63) is 58.2 Å². The number of hydrogen-bond acceptors (Lipinski definition) is 5. The van der Waals surface area contributed by atoms with E-state index in [0.29, 0.717) is 11.7 Å². The van der Waals surface area contributed by atoms with E-state index in [1.54, 1.807) is 0 Å². The van der Waals surface area contributed by atoms with Crippen molar-refractivity contribution in [3.63, 3.8) is 0 Å². The Morgan fingerprint density at radius 3 is 2.72 bits per heavy atom. The van der Waals surface area contributed by atoms with Crippen LogP contribution < -0.4 is 10.2 Å². The van der Waals surface area contributed by atoms with Crippen LogP contribution in [-0.2, 0) is 4.79 Å². The topological polar surface area (TPSA) is 93.8 Å². The van der Waals surface area contributed by atoms with Crippen LogP contribution in [0.2, 0.25) is 0 Å². The zero-order valence-electron chi connectivity index (χ0n) is 14.3. The lowest BCUT2D eigenvalue weighted by molar-refractivity contribution is -0.384. The van der Waals surface area contributed by atoms with Crippen LogP contribution in [0.25, 0.3) is 0 Å². The van der Waals surface area contributed by atoms with Gasteiger partial charge in [0.1, 0.15) is 5.75 Å². The Morgan fingerprint density at radius 1 is 1.44 bits per heavy atom. The van der Waals surface area contributed by atoms with E-state index >= 15 is 0 Å². The van der Waals surface area contributed by atoms with E-state index in [1.807, 2.05) is 13.8 Å². The van der Waals surface area contributed by atoms with Crippen LogP contribution in [0.15, 0.2) is 53.2 Å². The molecule has 0 aliphatic heterocycles. The molecule has 1 amide bonds. The molecule has 132 valence electrons. The monoisotopic (exact) mass is 343 g/mol. The van der Waals surface area contributed by atoms with Gasteiger partial charge in [-0.25, -0.2) is 5.43 Å². The Labute approximate surface area is 146 Å². The number of carbonyl (C=O) groups excluding carboxylic acids is 1. The molecule has 0 spiro atoms. The van der Waals surface area contributed by atoms with Gasteiger partial charge in [-0.15, -0.1) is 0 Å². The van der Waals surface area contributed by atoms with Crippen LogP contribution in [0.4, 0.5) is 5.69 Å². The third kappa shape index (κ3) is 5.27. The molecule has 0 fully saturated rings. The number of rotatable bonds is 6. The number of nitrogens with zero attached hydrogens (tertiary/aromatic N) is 2. The molecule has 1 aliphatic rings. The predicted molar refractivity (Wildman–Crippen MR) is 95.5 cm³/mol. The number of hydrazone groups is 1. The van der Waals surface area contributed by atoms with Gasteiger partial charge in [-0.2, -0.15) is 5.10 Å². The third-order valence-electron chi connectivity index (χ3n) is 4.03. The van der Waals surface area contributed by atoms with Gasteiger partial charge in [-0.05, 0) is 50.3 Å². The largest absolute Gasteiger partial charge is 0.484 e. The lowest BCUT2D eigenvalue weighted by Gasteiger charge is -2.22. The quantitative estimate of drug-likeness (QED) is 0.487. The van der Waals surface area contributed by atoms with Crippen molar-refractivity contribution in [2.45, 2.75) is 26.7 Å². The molecule has 2 rings (SSSR count). The van der Waals surface area contributed by atoms with Gasteiger partial charge < -0.3 is 4.74 Å². The summed E-state index contributed by atoms with van der Waals surface area (Å²) >= 11 is 0. The van der Waals surface area contributed by atoms with E-state index in [-0.39, 0.29) is 12.3 Å². The van der Waals surface area contributed by atoms with Crippen molar-refractivity contribution >= 4 is 17.3 Å². The van der Waals surface area contributed by atoms with Crippen molar-refractivity contribution in [2.24, 2.45) is 11.0 Å². The average Bonchev–Trinajstić information content (AvgIpc) is 2.59. The summed E-state index contributed by atoms with van der Waals surface area (Å²) in [6.45, 7) is 7.72. The second-order valence-corrected chi connectivity index (χ2v) is 6.00. The summed E-state index contributed by atoms with van der Waals surface area (Å²) in [6, 6.07) is 5.54. The summed E-state index contributed by atoms with van der Waals surface area (Å²) in [4.78, 5) is 22.0. The number of nitro groups is 1. The van der Waals surface area contributed by atoms with E-state index < -0.39 is 10.8 Å². The van der Waals surface area contributed by atoms with Gasteiger partial charge in [-0.1, -0.05) is 18.2 Å².